The summed E-state index contributed by atoms with van der Waals surface area (Å²) in [6.07, 6.45) is 2.38. The molecule has 3 aliphatic heterocycles. The summed E-state index contributed by atoms with van der Waals surface area (Å²) in [4.78, 5) is 28.1. The number of benzene rings is 1. The lowest BCUT2D eigenvalue weighted by Crippen LogP contribution is -2.57. The zero-order valence-corrected chi connectivity index (χ0v) is 15.6. The first-order chi connectivity index (χ1) is 12.6. The van der Waals surface area contributed by atoms with Crippen LogP contribution in [-0.2, 0) is 4.79 Å². The molecular formula is C20H23N3O2S. The first-order valence-electron chi connectivity index (χ1n) is 9.09. The molecular weight excluding hydrogens is 346 g/mol. The van der Waals surface area contributed by atoms with Gasteiger partial charge in [-0.3, -0.25) is 9.59 Å². The van der Waals surface area contributed by atoms with E-state index in [9.17, 15) is 9.59 Å². The van der Waals surface area contributed by atoms with E-state index in [1.54, 1.807) is 0 Å². The molecule has 5 nitrogen and oxygen atoms in total. The summed E-state index contributed by atoms with van der Waals surface area (Å²) in [6.45, 7) is 4.82. The molecule has 136 valence electrons. The maximum atomic E-state index is 12.7. The molecule has 2 aromatic rings. The lowest BCUT2D eigenvalue weighted by atomic mass is 9.84. The van der Waals surface area contributed by atoms with Gasteiger partial charge < -0.3 is 15.5 Å². The first-order valence-corrected chi connectivity index (χ1v) is 9.91. The Hall–Kier alpha value is -2.18. The van der Waals surface area contributed by atoms with Crippen molar-refractivity contribution in [3.63, 3.8) is 0 Å². The molecule has 5 rings (SSSR count). The van der Waals surface area contributed by atoms with Crippen molar-refractivity contribution in [3.8, 4) is 10.4 Å². The highest BCUT2D eigenvalue weighted by molar-refractivity contribution is 7.17. The van der Waals surface area contributed by atoms with Gasteiger partial charge in [0.2, 0.25) is 5.91 Å². The van der Waals surface area contributed by atoms with Crippen molar-refractivity contribution in [2.24, 2.45) is 5.92 Å². The Morgan fingerprint density at radius 1 is 1.15 bits per heavy atom. The lowest BCUT2D eigenvalue weighted by Gasteiger charge is -2.44. The number of thiophene rings is 1. The molecule has 1 aromatic heterocycles. The molecule has 6 heteroatoms. The fourth-order valence-corrected chi connectivity index (χ4v) is 4.84. The van der Waals surface area contributed by atoms with Crippen molar-refractivity contribution in [2.45, 2.75) is 25.8 Å². The fourth-order valence-electron chi connectivity index (χ4n) is 3.94. The minimum atomic E-state index is -0.0917. The number of carbonyl (C=O) groups is 2. The summed E-state index contributed by atoms with van der Waals surface area (Å²) in [5, 5.41) is 6.04. The Kier molecular flexibility index (Phi) is 4.78. The van der Waals surface area contributed by atoms with Crippen LogP contribution >= 0.6 is 11.3 Å². The average Bonchev–Trinajstić information content (AvgIpc) is 3.13. The number of hydrogen-bond acceptors (Lipinski definition) is 4. The summed E-state index contributed by atoms with van der Waals surface area (Å²) in [6, 6.07) is 11.8. The van der Waals surface area contributed by atoms with E-state index in [-0.39, 0.29) is 17.9 Å². The maximum absolute atomic E-state index is 12.7. The topological polar surface area (TPSA) is 61.4 Å². The molecule has 2 N–H and O–H groups in total. The smallest absolute Gasteiger partial charge is 0.261 e. The Bertz CT molecular complexity index is 824. The second kappa shape index (κ2) is 7.21. The number of carbonyl (C=O) groups excluding carboxylic acids is 2. The van der Waals surface area contributed by atoms with Gasteiger partial charge in [-0.2, -0.15) is 0 Å². The van der Waals surface area contributed by atoms with Crippen LogP contribution in [-0.4, -0.2) is 42.4 Å². The van der Waals surface area contributed by atoms with Crippen LogP contribution in [0.5, 0.6) is 0 Å². The predicted octanol–water partition coefficient (Wildman–Crippen LogP) is 3.20. The standard InChI is InChI=1S/C20H23N3O2S/c1-13(24)21-16-4-2-3-15(11-16)18-5-6-19(26-18)20(25)22-17-12-23-9-7-14(17)8-10-23/h2-6,11,14,17H,7-10,12H2,1H3,(H,21,24)(H,22,25)/t17-/m0/s1. The van der Waals surface area contributed by atoms with E-state index in [1.807, 2.05) is 36.4 Å². The number of hydrogen-bond donors (Lipinski definition) is 2. The number of fused-ring (bicyclic) bond motifs is 3. The second-order valence-corrected chi connectivity index (χ2v) is 8.23. The third-order valence-corrected chi connectivity index (χ3v) is 6.40. The summed E-state index contributed by atoms with van der Waals surface area (Å²) >= 11 is 1.49. The van der Waals surface area contributed by atoms with Gasteiger partial charge in [-0.25, -0.2) is 0 Å². The summed E-state index contributed by atoms with van der Waals surface area (Å²) in [7, 11) is 0. The van der Waals surface area contributed by atoms with Crippen molar-refractivity contribution in [2.75, 3.05) is 25.0 Å². The van der Waals surface area contributed by atoms with E-state index in [0.29, 0.717) is 5.92 Å². The molecule has 2 amide bonds. The number of anilines is 1. The van der Waals surface area contributed by atoms with Crippen LogP contribution in [0.25, 0.3) is 10.4 Å². The van der Waals surface area contributed by atoms with Crippen LogP contribution < -0.4 is 10.6 Å². The monoisotopic (exact) mass is 369 g/mol. The minimum absolute atomic E-state index is 0.0259. The molecule has 0 radical (unpaired) electrons. The van der Waals surface area contributed by atoms with Gasteiger partial charge in [-0.15, -0.1) is 11.3 Å². The molecule has 0 spiro atoms. The number of piperidine rings is 3. The van der Waals surface area contributed by atoms with E-state index >= 15 is 0 Å². The molecule has 4 heterocycles. The quantitative estimate of drug-likeness (QED) is 0.870. The largest absolute Gasteiger partial charge is 0.347 e. The SMILES string of the molecule is CC(=O)Nc1cccc(-c2ccc(C(=O)N[C@H]3CN4CCC3CC4)s2)c1. The van der Waals surface area contributed by atoms with E-state index in [2.05, 4.69) is 15.5 Å². The first kappa shape index (κ1) is 17.2. The van der Waals surface area contributed by atoms with Crippen LogP contribution in [0.15, 0.2) is 36.4 Å². The van der Waals surface area contributed by atoms with Crippen LogP contribution in [0.4, 0.5) is 5.69 Å². The van der Waals surface area contributed by atoms with Crippen molar-refractivity contribution in [3.05, 3.63) is 41.3 Å². The summed E-state index contributed by atoms with van der Waals surface area (Å²) in [5.74, 6) is 0.557. The Balaban J connectivity index is 1.46. The van der Waals surface area contributed by atoms with Gasteiger partial charge in [0.1, 0.15) is 0 Å². The van der Waals surface area contributed by atoms with Gasteiger partial charge in [0.25, 0.3) is 5.91 Å². The van der Waals surface area contributed by atoms with E-state index in [4.69, 9.17) is 0 Å². The van der Waals surface area contributed by atoms with Gasteiger partial charge in [0.05, 0.1) is 4.88 Å². The van der Waals surface area contributed by atoms with Gasteiger partial charge >= 0.3 is 0 Å². The molecule has 0 aliphatic carbocycles. The normalized spacial score (nSPS) is 24.3. The third kappa shape index (κ3) is 3.66. The molecule has 3 aliphatic rings. The van der Waals surface area contributed by atoms with Gasteiger partial charge in [0, 0.05) is 30.1 Å². The number of rotatable bonds is 4. The molecule has 0 unspecified atom stereocenters. The molecule has 3 fully saturated rings. The fraction of sp³-hybridized carbons (Fsp3) is 0.400. The Labute approximate surface area is 157 Å². The third-order valence-electron chi connectivity index (χ3n) is 5.27. The number of amides is 2. The zero-order chi connectivity index (χ0) is 18.1. The minimum Gasteiger partial charge on any atom is -0.347 e. The van der Waals surface area contributed by atoms with Crippen molar-refractivity contribution >= 4 is 28.8 Å². The Morgan fingerprint density at radius 2 is 1.96 bits per heavy atom. The zero-order valence-electron chi connectivity index (χ0n) is 14.8. The maximum Gasteiger partial charge on any atom is 0.261 e. The molecule has 3 saturated heterocycles. The van der Waals surface area contributed by atoms with Gasteiger partial charge in [-0.05, 0) is 61.7 Å². The molecule has 2 bridgehead atoms. The van der Waals surface area contributed by atoms with E-state index < -0.39 is 0 Å². The van der Waals surface area contributed by atoms with Gasteiger partial charge in [0.15, 0.2) is 0 Å². The van der Waals surface area contributed by atoms with Crippen molar-refractivity contribution in [1.29, 1.82) is 0 Å². The van der Waals surface area contributed by atoms with Crippen molar-refractivity contribution < 1.29 is 9.59 Å². The highest BCUT2D eigenvalue weighted by Crippen LogP contribution is 2.31. The summed E-state index contributed by atoms with van der Waals surface area (Å²) in [5.41, 5.74) is 1.77. The van der Waals surface area contributed by atoms with Crippen LogP contribution in [0, 0.1) is 5.92 Å². The van der Waals surface area contributed by atoms with Crippen LogP contribution in [0.3, 0.4) is 0 Å². The van der Waals surface area contributed by atoms with Crippen molar-refractivity contribution in [1.82, 2.24) is 10.2 Å². The molecule has 26 heavy (non-hydrogen) atoms. The molecule has 1 atom stereocenters. The molecule has 1 aromatic carbocycles. The Morgan fingerprint density at radius 3 is 2.65 bits per heavy atom. The second-order valence-electron chi connectivity index (χ2n) is 7.14. The molecule has 0 saturated carbocycles. The number of nitrogens with zero attached hydrogens (tertiary/aromatic N) is 1. The predicted molar refractivity (Wildman–Crippen MR) is 104 cm³/mol. The van der Waals surface area contributed by atoms with Crippen LogP contribution in [0.1, 0.15) is 29.4 Å². The average molecular weight is 369 g/mol. The van der Waals surface area contributed by atoms with Gasteiger partial charge in [-0.1, -0.05) is 12.1 Å². The highest BCUT2D eigenvalue weighted by Gasteiger charge is 2.35. The number of nitrogens with one attached hydrogen (secondary N) is 2. The van der Waals surface area contributed by atoms with E-state index in [0.717, 1.165) is 27.5 Å². The highest BCUT2D eigenvalue weighted by atomic mass is 32.1. The van der Waals surface area contributed by atoms with E-state index in [1.165, 1.54) is 44.2 Å². The summed E-state index contributed by atoms with van der Waals surface area (Å²) < 4.78 is 0. The lowest BCUT2D eigenvalue weighted by molar-refractivity contribution is -0.114. The van der Waals surface area contributed by atoms with Crippen LogP contribution in [0.2, 0.25) is 0 Å².